The molecule has 0 spiro atoms. The highest BCUT2D eigenvalue weighted by molar-refractivity contribution is 7.80. The van der Waals surface area contributed by atoms with Crippen molar-refractivity contribution in [3.8, 4) is 0 Å². The Kier molecular flexibility index (Phi) is 3.08. The van der Waals surface area contributed by atoms with Crippen LogP contribution in [0.5, 0.6) is 0 Å². The van der Waals surface area contributed by atoms with Crippen molar-refractivity contribution >= 4 is 23.0 Å². The van der Waals surface area contributed by atoms with Crippen molar-refractivity contribution in [2.24, 2.45) is 5.73 Å². The zero-order valence-electron chi connectivity index (χ0n) is 6.88. The lowest BCUT2D eigenvalue weighted by Gasteiger charge is -2.08. The first-order chi connectivity index (χ1) is 6.86. The van der Waals surface area contributed by atoms with Gasteiger partial charge < -0.3 is 11.1 Å². The van der Waals surface area contributed by atoms with Gasteiger partial charge in [-0.25, -0.2) is 22.0 Å². The van der Waals surface area contributed by atoms with E-state index in [1.54, 1.807) is 5.32 Å². The molecule has 0 radical (unpaired) electrons. The van der Waals surface area contributed by atoms with Crippen LogP contribution in [-0.2, 0) is 0 Å². The molecule has 0 saturated carbocycles. The molecule has 0 aromatic heterocycles. The van der Waals surface area contributed by atoms with Gasteiger partial charge in [0, 0.05) is 0 Å². The molecule has 2 nitrogen and oxygen atoms in total. The number of thiocarbonyl (C=S) groups is 1. The molecule has 1 rings (SSSR count). The van der Waals surface area contributed by atoms with E-state index >= 15 is 0 Å². The molecule has 0 amide bonds. The molecule has 0 aliphatic rings. The van der Waals surface area contributed by atoms with Crippen LogP contribution in [0.2, 0.25) is 0 Å². The minimum Gasteiger partial charge on any atom is -0.376 e. The maximum absolute atomic E-state index is 12.9. The molecule has 0 aliphatic heterocycles. The lowest BCUT2D eigenvalue weighted by atomic mass is 10.2. The molecule has 15 heavy (non-hydrogen) atoms. The largest absolute Gasteiger partial charge is 0.376 e. The van der Waals surface area contributed by atoms with Crippen LogP contribution in [0.1, 0.15) is 0 Å². The van der Waals surface area contributed by atoms with E-state index in [0.717, 1.165) is 0 Å². The third-order valence-electron chi connectivity index (χ3n) is 1.46. The monoisotopic (exact) mass is 242 g/mol. The molecule has 0 aliphatic carbocycles. The summed E-state index contributed by atoms with van der Waals surface area (Å²) in [6.07, 6.45) is 0. The number of rotatable bonds is 1. The lowest BCUT2D eigenvalue weighted by Crippen LogP contribution is -2.22. The first-order valence-corrected chi connectivity index (χ1v) is 3.85. The molecule has 3 N–H and O–H groups in total. The predicted molar refractivity (Wildman–Crippen MR) is 46.6 cm³/mol. The average molecular weight is 242 g/mol. The Hall–Kier alpha value is -1.44. The van der Waals surface area contributed by atoms with Gasteiger partial charge in [-0.3, -0.25) is 0 Å². The van der Waals surface area contributed by atoms with Crippen LogP contribution < -0.4 is 11.1 Å². The van der Waals surface area contributed by atoms with Crippen LogP contribution in [0.4, 0.5) is 27.6 Å². The van der Waals surface area contributed by atoms with Crippen molar-refractivity contribution in [2.45, 2.75) is 0 Å². The Labute approximate surface area is 85.9 Å². The van der Waals surface area contributed by atoms with E-state index in [0.29, 0.717) is 0 Å². The summed E-state index contributed by atoms with van der Waals surface area (Å²) in [5.41, 5.74) is 3.58. The number of anilines is 1. The third-order valence-corrected chi connectivity index (χ3v) is 1.56. The Morgan fingerprint density at radius 3 is 1.53 bits per heavy atom. The first-order valence-electron chi connectivity index (χ1n) is 3.44. The van der Waals surface area contributed by atoms with Gasteiger partial charge in [-0.2, -0.15) is 0 Å². The van der Waals surface area contributed by atoms with Crippen molar-refractivity contribution < 1.29 is 22.0 Å². The molecule has 0 bridgehead atoms. The SMILES string of the molecule is NC(=S)Nc1c(F)c(F)c(F)c(F)c1F. The second-order valence-electron chi connectivity index (χ2n) is 2.43. The van der Waals surface area contributed by atoms with Crippen LogP contribution >= 0.6 is 12.2 Å². The van der Waals surface area contributed by atoms with Crippen molar-refractivity contribution in [2.75, 3.05) is 5.32 Å². The molecule has 0 fully saturated rings. The number of halogens is 5. The summed E-state index contributed by atoms with van der Waals surface area (Å²) in [4.78, 5) is 0. The van der Waals surface area contributed by atoms with Crippen LogP contribution in [0.25, 0.3) is 0 Å². The fraction of sp³-hybridized carbons (Fsp3) is 0. The fourth-order valence-electron chi connectivity index (χ4n) is 0.838. The molecular formula is C7H3F5N2S. The molecular weight excluding hydrogens is 239 g/mol. The highest BCUT2D eigenvalue weighted by atomic mass is 32.1. The number of hydrogen-bond acceptors (Lipinski definition) is 1. The van der Waals surface area contributed by atoms with Gasteiger partial charge >= 0.3 is 0 Å². The molecule has 0 heterocycles. The zero-order valence-corrected chi connectivity index (χ0v) is 7.69. The van der Waals surface area contributed by atoms with Crippen LogP contribution in [0.15, 0.2) is 0 Å². The summed E-state index contributed by atoms with van der Waals surface area (Å²) in [6.45, 7) is 0. The minimum atomic E-state index is -2.24. The molecule has 0 atom stereocenters. The average Bonchev–Trinajstić information content (AvgIpc) is 2.18. The molecule has 1 aromatic rings. The maximum Gasteiger partial charge on any atom is 0.200 e. The number of hydrogen-bond donors (Lipinski definition) is 2. The van der Waals surface area contributed by atoms with E-state index in [9.17, 15) is 22.0 Å². The molecule has 0 saturated heterocycles. The van der Waals surface area contributed by atoms with Crippen LogP contribution in [0, 0.1) is 29.1 Å². The highest BCUT2D eigenvalue weighted by Crippen LogP contribution is 2.26. The van der Waals surface area contributed by atoms with Crippen LogP contribution in [0.3, 0.4) is 0 Å². The topological polar surface area (TPSA) is 38.0 Å². The van der Waals surface area contributed by atoms with Gasteiger partial charge in [-0.05, 0) is 12.2 Å². The van der Waals surface area contributed by atoms with E-state index in [2.05, 4.69) is 12.2 Å². The van der Waals surface area contributed by atoms with Gasteiger partial charge in [-0.15, -0.1) is 0 Å². The Balaban J connectivity index is 3.45. The Morgan fingerprint density at radius 1 is 0.867 bits per heavy atom. The fourth-order valence-corrected chi connectivity index (χ4v) is 0.940. The predicted octanol–water partition coefficient (Wildman–Crippen LogP) is 2.04. The van der Waals surface area contributed by atoms with Crippen molar-refractivity contribution in [1.29, 1.82) is 0 Å². The van der Waals surface area contributed by atoms with Gasteiger partial charge in [0.2, 0.25) is 5.82 Å². The molecule has 0 unspecified atom stereocenters. The van der Waals surface area contributed by atoms with Crippen LogP contribution in [-0.4, -0.2) is 5.11 Å². The third kappa shape index (κ3) is 1.99. The first kappa shape index (κ1) is 11.6. The Bertz CT molecular complexity index is 405. The highest BCUT2D eigenvalue weighted by Gasteiger charge is 2.25. The van der Waals surface area contributed by atoms with Gasteiger partial charge in [-0.1, -0.05) is 0 Å². The van der Waals surface area contributed by atoms with E-state index in [1.807, 2.05) is 0 Å². The summed E-state index contributed by atoms with van der Waals surface area (Å²) in [6, 6.07) is 0. The number of nitrogens with one attached hydrogen (secondary N) is 1. The minimum absolute atomic E-state index is 0.613. The standard InChI is InChI=1S/C7H3F5N2S/c8-1-2(9)4(11)6(14-7(13)15)5(12)3(1)10/h(H3,13,14,15). The molecule has 8 heteroatoms. The quantitative estimate of drug-likeness (QED) is 0.342. The maximum atomic E-state index is 12.9. The smallest absolute Gasteiger partial charge is 0.200 e. The molecule has 1 aromatic carbocycles. The summed E-state index contributed by atoms with van der Waals surface area (Å²) in [5, 5.41) is 1.05. The second-order valence-corrected chi connectivity index (χ2v) is 2.87. The van der Waals surface area contributed by atoms with Gasteiger partial charge in [0.15, 0.2) is 28.4 Å². The van der Waals surface area contributed by atoms with Crippen molar-refractivity contribution in [3.63, 3.8) is 0 Å². The van der Waals surface area contributed by atoms with E-state index < -0.39 is 39.9 Å². The Morgan fingerprint density at radius 2 is 1.20 bits per heavy atom. The lowest BCUT2D eigenvalue weighted by molar-refractivity contribution is 0.382. The summed E-state index contributed by atoms with van der Waals surface area (Å²) < 4.78 is 63.4. The van der Waals surface area contributed by atoms with E-state index in [4.69, 9.17) is 5.73 Å². The van der Waals surface area contributed by atoms with Crippen molar-refractivity contribution in [1.82, 2.24) is 0 Å². The van der Waals surface area contributed by atoms with Gasteiger partial charge in [0.25, 0.3) is 0 Å². The number of nitrogens with two attached hydrogens (primary N) is 1. The normalized spacial score (nSPS) is 10.2. The summed E-state index contributed by atoms with van der Waals surface area (Å²) >= 11 is 4.21. The van der Waals surface area contributed by atoms with E-state index in [1.165, 1.54) is 0 Å². The summed E-state index contributed by atoms with van der Waals surface area (Å²) in [7, 11) is 0. The van der Waals surface area contributed by atoms with E-state index in [-0.39, 0.29) is 0 Å². The number of benzene rings is 1. The van der Waals surface area contributed by atoms with Gasteiger partial charge in [0.05, 0.1) is 0 Å². The second kappa shape index (κ2) is 3.97. The molecule has 82 valence electrons. The summed E-state index contributed by atoms with van der Waals surface area (Å²) in [5.74, 6) is -10.4. The zero-order chi connectivity index (χ0) is 11.7. The van der Waals surface area contributed by atoms with Crippen molar-refractivity contribution in [3.05, 3.63) is 29.1 Å². The van der Waals surface area contributed by atoms with Gasteiger partial charge in [0.1, 0.15) is 5.69 Å².